The fourth-order valence-electron chi connectivity index (χ4n) is 4.91. The van der Waals surface area contributed by atoms with E-state index < -0.39 is 6.04 Å². The van der Waals surface area contributed by atoms with E-state index in [1.165, 1.54) is 0 Å². The van der Waals surface area contributed by atoms with Crippen LogP contribution in [0.3, 0.4) is 0 Å². The summed E-state index contributed by atoms with van der Waals surface area (Å²) < 4.78 is 11.3. The summed E-state index contributed by atoms with van der Waals surface area (Å²) in [6.07, 6.45) is 0.849. The normalized spacial score (nSPS) is 24.5. The Morgan fingerprint density at radius 1 is 1.06 bits per heavy atom. The topological polar surface area (TPSA) is 103 Å². The lowest BCUT2D eigenvalue weighted by atomic mass is 9.83. The number of nitrogens with zero attached hydrogens (tertiary/aromatic N) is 1. The Bertz CT molecular complexity index is 982. The summed E-state index contributed by atoms with van der Waals surface area (Å²) in [4.78, 5) is 15.4. The van der Waals surface area contributed by atoms with Crippen LogP contribution in [0.25, 0.3) is 0 Å². The van der Waals surface area contributed by atoms with Crippen LogP contribution in [0.2, 0.25) is 0 Å². The molecule has 2 heterocycles. The van der Waals surface area contributed by atoms with Crippen molar-refractivity contribution in [1.29, 1.82) is 0 Å². The summed E-state index contributed by atoms with van der Waals surface area (Å²) in [6, 6.07) is 11.5. The van der Waals surface area contributed by atoms with Crippen molar-refractivity contribution in [3.8, 4) is 17.2 Å². The predicted molar refractivity (Wildman–Crippen MR) is 124 cm³/mol. The number of rotatable bonds is 9. The SMILES string of the molecule is CCOc1cc(C2C3C(NNC3c3ccccc3O)C(=O)N2CCCOC(C)C)ccc1O. The molecule has 0 spiro atoms. The van der Waals surface area contributed by atoms with Crippen LogP contribution >= 0.6 is 0 Å². The largest absolute Gasteiger partial charge is 0.508 e. The molecule has 4 rings (SSSR count). The Hall–Kier alpha value is -2.81. The fraction of sp³-hybridized carbons (Fsp3) is 0.480. The zero-order valence-electron chi connectivity index (χ0n) is 19.3. The van der Waals surface area contributed by atoms with Gasteiger partial charge in [0, 0.05) is 24.6 Å². The molecule has 0 radical (unpaired) electrons. The number of likely N-dealkylation sites (tertiary alicyclic amines) is 1. The van der Waals surface area contributed by atoms with Crippen molar-refractivity contribution in [3.05, 3.63) is 53.6 Å². The highest BCUT2D eigenvalue weighted by molar-refractivity contribution is 5.86. The Kier molecular flexibility index (Phi) is 7.07. The van der Waals surface area contributed by atoms with Crippen LogP contribution in [0.1, 0.15) is 50.4 Å². The zero-order chi connectivity index (χ0) is 23.5. The number of amides is 1. The number of hydrazine groups is 1. The molecule has 8 heteroatoms. The molecule has 0 saturated carbocycles. The number of phenols is 2. The number of phenolic OH excluding ortho intramolecular Hbond substituents is 2. The molecule has 4 unspecified atom stereocenters. The highest BCUT2D eigenvalue weighted by atomic mass is 16.5. The summed E-state index contributed by atoms with van der Waals surface area (Å²) in [5, 5.41) is 20.7. The van der Waals surface area contributed by atoms with Crippen molar-refractivity contribution >= 4 is 5.91 Å². The molecule has 8 nitrogen and oxygen atoms in total. The number of aromatic hydroxyl groups is 2. The minimum absolute atomic E-state index is 0.00556. The summed E-state index contributed by atoms with van der Waals surface area (Å²) >= 11 is 0. The summed E-state index contributed by atoms with van der Waals surface area (Å²) in [5.74, 6) is 0.486. The number of hydrogen-bond donors (Lipinski definition) is 4. The lowest BCUT2D eigenvalue weighted by Crippen LogP contribution is -2.41. The van der Waals surface area contributed by atoms with Gasteiger partial charge in [-0.3, -0.25) is 4.79 Å². The molecule has 0 aromatic heterocycles. The van der Waals surface area contributed by atoms with E-state index in [9.17, 15) is 15.0 Å². The van der Waals surface area contributed by atoms with Crippen molar-refractivity contribution < 1.29 is 24.5 Å². The Morgan fingerprint density at radius 3 is 2.55 bits per heavy atom. The number of para-hydroxylation sites is 1. The molecular formula is C25H33N3O5. The molecule has 2 aromatic rings. The maximum Gasteiger partial charge on any atom is 0.242 e. The van der Waals surface area contributed by atoms with E-state index in [0.717, 1.165) is 11.1 Å². The molecule has 178 valence electrons. The smallest absolute Gasteiger partial charge is 0.242 e. The number of fused-ring (bicyclic) bond motifs is 1. The van der Waals surface area contributed by atoms with Crippen LogP contribution in [0.4, 0.5) is 0 Å². The lowest BCUT2D eigenvalue weighted by Gasteiger charge is -2.32. The molecule has 2 aromatic carbocycles. The number of nitrogens with one attached hydrogen (secondary N) is 2. The van der Waals surface area contributed by atoms with Crippen molar-refractivity contribution in [2.45, 2.75) is 51.4 Å². The van der Waals surface area contributed by atoms with E-state index in [1.807, 2.05) is 49.9 Å². The van der Waals surface area contributed by atoms with Gasteiger partial charge in [0.05, 0.1) is 24.8 Å². The van der Waals surface area contributed by atoms with Gasteiger partial charge in [-0.2, -0.15) is 0 Å². The van der Waals surface area contributed by atoms with Gasteiger partial charge >= 0.3 is 0 Å². The molecule has 2 fully saturated rings. The number of benzene rings is 2. The third kappa shape index (κ3) is 4.64. The highest BCUT2D eigenvalue weighted by Crippen LogP contribution is 2.49. The summed E-state index contributed by atoms with van der Waals surface area (Å²) in [6.45, 7) is 7.38. The standard InChI is InChI=1S/C25H33N3O5/c1-4-32-20-14-16(10-11-19(20)30)24-21-22(17-8-5-6-9-18(17)29)26-27-23(21)25(31)28(24)12-7-13-33-15(2)3/h5-6,8-11,14-15,21-24,26-27,29-30H,4,7,12-13H2,1-3H3. The van der Waals surface area contributed by atoms with Crippen LogP contribution in [0, 0.1) is 5.92 Å². The van der Waals surface area contributed by atoms with Gasteiger partial charge in [-0.05, 0) is 51.0 Å². The molecule has 0 aliphatic carbocycles. The quantitative estimate of drug-likeness (QED) is 0.431. The van der Waals surface area contributed by atoms with E-state index in [2.05, 4.69) is 10.9 Å². The average Bonchev–Trinajstić information content (AvgIpc) is 3.32. The third-order valence-corrected chi connectivity index (χ3v) is 6.31. The Labute approximate surface area is 194 Å². The lowest BCUT2D eigenvalue weighted by molar-refractivity contribution is -0.131. The first-order valence-electron chi connectivity index (χ1n) is 11.6. The first-order chi connectivity index (χ1) is 15.9. The number of carbonyl (C=O) groups is 1. The molecule has 1 amide bonds. The molecule has 33 heavy (non-hydrogen) atoms. The Balaban J connectivity index is 1.70. The molecular weight excluding hydrogens is 422 g/mol. The molecule has 4 atom stereocenters. The zero-order valence-corrected chi connectivity index (χ0v) is 19.3. The Morgan fingerprint density at radius 2 is 1.82 bits per heavy atom. The van der Waals surface area contributed by atoms with E-state index >= 15 is 0 Å². The van der Waals surface area contributed by atoms with E-state index in [0.29, 0.717) is 31.9 Å². The van der Waals surface area contributed by atoms with Crippen LogP contribution < -0.4 is 15.6 Å². The van der Waals surface area contributed by atoms with Crippen LogP contribution in [0.15, 0.2) is 42.5 Å². The van der Waals surface area contributed by atoms with E-state index in [4.69, 9.17) is 9.47 Å². The molecule has 0 bridgehead atoms. The predicted octanol–water partition coefficient (Wildman–Crippen LogP) is 3.03. The molecule has 2 aliphatic rings. The summed E-state index contributed by atoms with van der Waals surface area (Å²) in [7, 11) is 0. The van der Waals surface area contributed by atoms with Crippen molar-refractivity contribution in [2.24, 2.45) is 5.92 Å². The molecule has 4 N–H and O–H groups in total. The van der Waals surface area contributed by atoms with Crippen LogP contribution in [-0.2, 0) is 9.53 Å². The molecule has 2 aliphatic heterocycles. The second-order valence-corrected chi connectivity index (χ2v) is 8.79. The average molecular weight is 456 g/mol. The molecule has 2 saturated heterocycles. The fourth-order valence-corrected chi connectivity index (χ4v) is 4.91. The van der Waals surface area contributed by atoms with Gasteiger partial charge < -0.3 is 24.6 Å². The first-order valence-corrected chi connectivity index (χ1v) is 11.6. The van der Waals surface area contributed by atoms with Gasteiger partial charge in [0.15, 0.2) is 11.5 Å². The third-order valence-electron chi connectivity index (χ3n) is 6.31. The van der Waals surface area contributed by atoms with Crippen molar-refractivity contribution in [2.75, 3.05) is 19.8 Å². The first kappa shape index (κ1) is 23.4. The van der Waals surface area contributed by atoms with E-state index in [1.54, 1.807) is 18.2 Å². The van der Waals surface area contributed by atoms with E-state index in [-0.39, 0.29) is 41.5 Å². The van der Waals surface area contributed by atoms with Gasteiger partial charge in [-0.15, -0.1) is 0 Å². The maximum absolute atomic E-state index is 13.5. The minimum atomic E-state index is -0.435. The van der Waals surface area contributed by atoms with Crippen molar-refractivity contribution in [3.63, 3.8) is 0 Å². The number of hydrogen-bond acceptors (Lipinski definition) is 7. The van der Waals surface area contributed by atoms with Gasteiger partial charge in [-0.1, -0.05) is 24.3 Å². The van der Waals surface area contributed by atoms with Gasteiger partial charge in [0.2, 0.25) is 5.91 Å². The van der Waals surface area contributed by atoms with Gasteiger partial charge in [0.25, 0.3) is 0 Å². The minimum Gasteiger partial charge on any atom is -0.508 e. The monoisotopic (exact) mass is 455 g/mol. The van der Waals surface area contributed by atoms with Crippen molar-refractivity contribution in [1.82, 2.24) is 15.8 Å². The van der Waals surface area contributed by atoms with Crippen LogP contribution in [0.5, 0.6) is 17.2 Å². The van der Waals surface area contributed by atoms with Crippen LogP contribution in [-0.4, -0.2) is 52.9 Å². The maximum atomic E-state index is 13.5. The summed E-state index contributed by atoms with van der Waals surface area (Å²) in [5.41, 5.74) is 8.03. The second kappa shape index (κ2) is 9.99. The second-order valence-electron chi connectivity index (χ2n) is 8.79. The highest BCUT2D eigenvalue weighted by Gasteiger charge is 2.55. The van der Waals surface area contributed by atoms with Gasteiger partial charge in [0.1, 0.15) is 11.8 Å². The van der Waals surface area contributed by atoms with Gasteiger partial charge in [-0.25, -0.2) is 10.9 Å². The number of carbonyl (C=O) groups excluding carboxylic acids is 1. The number of ether oxygens (including phenoxy) is 2.